The smallest absolute Gasteiger partial charge is 0.507 e. The van der Waals surface area contributed by atoms with Crippen LogP contribution in [0, 0.1) is 27.7 Å². The summed E-state index contributed by atoms with van der Waals surface area (Å²) in [5.41, 5.74) is 6.33. The van der Waals surface area contributed by atoms with E-state index in [0.29, 0.717) is 0 Å². The van der Waals surface area contributed by atoms with Gasteiger partial charge in [-0.1, -0.05) is 83.9 Å². The number of hydrogen-bond donors (Lipinski definition) is 4. The molecular formula is C38H34MnN2O4+2. The number of nitrogens with one attached hydrogen (secondary N) is 2. The van der Waals surface area contributed by atoms with Crippen LogP contribution in [0.15, 0.2) is 109 Å². The van der Waals surface area contributed by atoms with Gasteiger partial charge in [0.15, 0.2) is 0 Å². The van der Waals surface area contributed by atoms with Gasteiger partial charge in [0.25, 0.3) is 11.8 Å². The molecule has 2 amide bonds. The number of aryl methyl sites for hydroxylation is 4. The first kappa shape index (κ1) is 32.8. The van der Waals surface area contributed by atoms with E-state index < -0.39 is 0 Å². The van der Waals surface area contributed by atoms with E-state index in [4.69, 9.17) is 0 Å². The maximum Gasteiger partial charge on any atom is 2.00 e. The van der Waals surface area contributed by atoms with Gasteiger partial charge in [0.2, 0.25) is 0 Å². The van der Waals surface area contributed by atoms with E-state index in [2.05, 4.69) is 10.6 Å². The van der Waals surface area contributed by atoms with E-state index in [-0.39, 0.29) is 51.5 Å². The second-order valence-electron chi connectivity index (χ2n) is 11.0. The topological polar surface area (TPSA) is 98.7 Å². The number of fused-ring (bicyclic) bond motifs is 2. The third-order valence-corrected chi connectivity index (χ3v) is 7.48. The van der Waals surface area contributed by atoms with Gasteiger partial charge in [0, 0.05) is 11.4 Å². The van der Waals surface area contributed by atoms with Crippen LogP contribution in [0.5, 0.6) is 11.5 Å². The maximum absolute atomic E-state index is 12.4. The average molecular weight is 638 g/mol. The number of phenols is 2. The summed E-state index contributed by atoms with van der Waals surface area (Å²) in [7, 11) is 0. The largest absolute Gasteiger partial charge is 2.00 e. The molecule has 0 aliphatic carbocycles. The van der Waals surface area contributed by atoms with Crippen molar-refractivity contribution in [1.82, 2.24) is 0 Å². The number of carbonyl (C=O) groups excluding carboxylic acids is 2. The Morgan fingerprint density at radius 3 is 1.16 bits per heavy atom. The Hall–Kier alpha value is -5.10. The first-order valence-electron chi connectivity index (χ1n) is 14.3. The zero-order valence-electron chi connectivity index (χ0n) is 25.5. The Bertz CT molecular complexity index is 1890. The molecular weight excluding hydrogens is 603 g/mol. The molecule has 0 aromatic heterocycles. The van der Waals surface area contributed by atoms with Crippen LogP contribution in [0.2, 0.25) is 0 Å². The van der Waals surface area contributed by atoms with Crippen molar-refractivity contribution < 1.29 is 36.9 Å². The van der Waals surface area contributed by atoms with Gasteiger partial charge in [-0.15, -0.1) is 0 Å². The molecule has 0 fully saturated rings. The fourth-order valence-corrected chi connectivity index (χ4v) is 5.11. The first-order valence-corrected chi connectivity index (χ1v) is 14.3. The Labute approximate surface area is 273 Å². The summed E-state index contributed by atoms with van der Waals surface area (Å²) in [5, 5.41) is 29.6. The standard InChI is InChI=1S/2C19H17NO2.Mn/c2*1-12-7-8-17(13(2)9-12)20-19(22)16-10-14-5-3-4-6-15(14)11-18(16)21;/h2*3-11,21H,1-2H3,(H,20,22);/q;;+2. The van der Waals surface area contributed by atoms with E-state index >= 15 is 0 Å². The third-order valence-electron chi connectivity index (χ3n) is 7.48. The van der Waals surface area contributed by atoms with E-state index in [9.17, 15) is 19.8 Å². The molecule has 0 spiro atoms. The van der Waals surface area contributed by atoms with Crippen LogP contribution < -0.4 is 10.6 Å². The van der Waals surface area contributed by atoms with E-state index in [1.54, 1.807) is 24.3 Å². The van der Waals surface area contributed by atoms with Crippen LogP contribution in [0.25, 0.3) is 21.5 Å². The van der Waals surface area contributed by atoms with E-state index in [1.165, 1.54) is 0 Å². The maximum atomic E-state index is 12.4. The minimum Gasteiger partial charge on any atom is -0.507 e. The molecule has 0 bridgehead atoms. The zero-order chi connectivity index (χ0) is 31.4. The minimum absolute atomic E-state index is 0. The van der Waals surface area contributed by atoms with Crippen molar-refractivity contribution in [2.45, 2.75) is 27.7 Å². The molecule has 0 heterocycles. The average Bonchev–Trinajstić information content (AvgIpc) is 2.99. The molecule has 4 N–H and O–H groups in total. The monoisotopic (exact) mass is 637 g/mol. The molecule has 6 nitrogen and oxygen atoms in total. The number of carbonyl (C=O) groups is 2. The van der Waals surface area contributed by atoms with Gasteiger partial charge in [0.1, 0.15) is 11.5 Å². The van der Waals surface area contributed by atoms with Crippen molar-refractivity contribution >= 4 is 44.7 Å². The molecule has 6 aromatic carbocycles. The molecule has 6 aromatic rings. The number of amides is 2. The second kappa shape index (κ2) is 14.1. The van der Waals surface area contributed by atoms with Crippen molar-refractivity contribution in [3.63, 3.8) is 0 Å². The molecule has 7 heteroatoms. The molecule has 45 heavy (non-hydrogen) atoms. The van der Waals surface area contributed by atoms with Gasteiger partial charge in [-0.3, -0.25) is 9.59 Å². The van der Waals surface area contributed by atoms with Crippen LogP contribution >= 0.6 is 0 Å². The quantitative estimate of drug-likeness (QED) is 0.145. The van der Waals surface area contributed by atoms with Crippen molar-refractivity contribution in [2.24, 2.45) is 0 Å². The molecule has 0 saturated carbocycles. The summed E-state index contributed by atoms with van der Waals surface area (Å²) < 4.78 is 0. The molecule has 0 aliphatic rings. The Morgan fingerprint density at radius 1 is 0.489 bits per heavy atom. The molecule has 225 valence electrons. The fraction of sp³-hybridized carbons (Fsp3) is 0.105. The Balaban J connectivity index is 0.000000200. The zero-order valence-corrected chi connectivity index (χ0v) is 26.7. The van der Waals surface area contributed by atoms with E-state index in [1.807, 2.05) is 113 Å². The second-order valence-corrected chi connectivity index (χ2v) is 11.0. The summed E-state index contributed by atoms with van der Waals surface area (Å²) in [5.74, 6) is -0.646. The van der Waals surface area contributed by atoms with Gasteiger partial charge in [-0.2, -0.15) is 0 Å². The third kappa shape index (κ3) is 7.71. The van der Waals surface area contributed by atoms with Crippen molar-refractivity contribution in [3.8, 4) is 11.5 Å². The number of aromatic hydroxyl groups is 2. The molecule has 6 rings (SSSR count). The number of phenolic OH excluding ortho intramolecular Hbond substituents is 2. The van der Waals surface area contributed by atoms with Crippen molar-refractivity contribution in [2.75, 3.05) is 10.6 Å². The van der Waals surface area contributed by atoms with Gasteiger partial charge in [0.05, 0.1) is 11.1 Å². The molecule has 0 aliphatic heterocycles. The predicted molar refractivity (Wildman–Crippen MR) is 179 cm³/mol. The SMILES string of the molecule is Cc1ccc(NC(=O)c2cc3ccccc3cc2O)c(C)c1.Cc1ccc(NC(=O)c2cc3ccccc3cc2O)c(C)c1.[Mn+2]. The number of anilines is 2. The normalized spacial score (nSPS) is 10.4. The van der Waals surface area contributed by atoms with Crippen molar-refractivity contribution in [3.05, 3.63) is 143 Å². The summed E-state index contributed by atoms with van der Waals surface area (Å²) in [6, 6.07) is 33.6. The van der Waals surface area contributed by atoms with E-state index in [0.717, 1.165) is 55.2 Å². The van der Waals surface area contributed by atoms with Gasteiger partial charge in [-0.25, -0.2) is 0 Å². The Morgan fingerprint density at radius 2 is 0.822 bits per heavy atom. The molecule has 0 saturated heterocycles. The Kier molecular flexibility index (Phi) is 10.3. The summed E-state index contributed by atoms with van der Waals surface area (Å²) in [6.07, 6.45) is 0. The van der Waals surface area contributed by atoms with Crippen molar-refractivity contribution in [1.29, 1.82) is 0 Å². The molecule has 0 unspecified atom stereocenters. The van der Waals surface area contributed by atoms with Crippen LogP contribution in [0.1, 0.15) is 43.0 Å². The number of hydrogen-bond acceptors (Lipinski definition) is 4. The summed E-state index contributed by atoms with van der Waals surface area (Å²) >= 11 is 0. The van der Waals surface area contributed by atoms with Crippen LogP contribution in [0.4, 0.5) is 11.4 Å². The van der Waals surface area contributed by atoms with Gasteiger partial charge in [-0.05, 0) is 96.8 Å². The van der Waals surface area contributed by atoms with Crippen LogP contribution in [0.3, 0.4) is 0 Å². The summed E-state index contributed by atoms with van der Waals surface area (Å²) in [4.78, 5) is 24.9. The number of benzene rings is 6. The molecule has 1 radical (unpaired) electrons. The van der Waals surface area contributed by atoms with Crippen LogP contribution in [-0.2, 0) is 17.1 Å². The van der Waals surface area contributed by atoms with Crippen LogP contribution in [-0.4, -0.2) is 22.0 Å². The summed E-state index contributed by atoms with van der Waals surface area (Å²) in [6.45, 7) is 7.91. The minimum atomic E-state index is -0.310. The molecule has 0 atom stereocenters. The van der Waals surface area contributed by atoms with Gasteiger partial charge < -0.3 is 20.8 Å². The fourth-order valence-electron chi connectivity index (χ4n) is 5.11. The van der Waals surface area contributed by atoms with Gasteiger partial charge >= 0.3 is 17.1 Å². The predicted octanol–water partition coefficient (Wildman–Crippen LogP) is 8.83. The number of rotatable bonds is 4. The first-order chi connectivity index (χ1) is 21.1.